The molecule has 1 nitrogen and oxygen atoms in total. The summed E-state index contributed by atoms with van der Waals surface area (Å²) in [6, 6.07) is 6.06. The van der Waals surface area contributed by atoms with Crippen LogP contribution in [0.3, 0.4) is 0 Å². The number of rotatable bonds is 3. The third-order valence-corrected chi connectivity index (χ3v) is 1.81. The molecule has 0 spiro atoms. The second-order valence-electron chi connectivity index (χ2n) is 2.00. The first-order chi connectivity index (χ1) is 5.33. The molecule has 1 aromatic rings. The Morgan fingerprint density at radius 3 is 2.55 bits per heavy atom. The lowest BCUT2D eigenvalue weighted by atomic mass is 10.2. The molecular formula is C8H6FOS. The van der Waals surface area contributed by atoms with Crippen LogP contribution >= 0.6 is 11.8 Å². The molecule has 0 atom stereocenters. The summed E-state index contributed by atoms with van der Waals surface area (Å²) in [7, 11) is 0. The second kappa shape index (κ2) is 4.13. The zero-order chi connectivity index (χ0) is 8.10. The topological polar surface area (TPSA) is 17.1 Å². The molecule has 3 heteroatoms. The molecule has 0 aliphatic rings. The van der Waals surface area contributed by atoms with Gasteiger partial charge < -0.3 is 0 Å². The molecule has 1 radical (unpaired) electrons. The van der Waals surface area contributed by atoms with E-state index in [2.05, 4.69) is 0 Å². The van der Waals surface area contributed by atoms with Crippen molar-refractivity contribution in [1.82, 2.24) is 0 Å². The predicted molar refractivity (Wildman–Crippen MR) is 43.4 cm³/mol. The van der Waals surface area contributed by atoms with Crippen LogP contribution in [-0.2, 0) is 10.5 Å². The molecule has 0 amide bonds. The number of halogens is 1. The molecule has 0 aromatic heterocycles. The predicted octanol–water partition coefficient (Wildman–Crippen LogP) is 2.13. The maximum Gasteiger partial charge on any atom is 0.266 e. The van der Waals surface area contributed by atoms with Gasteiger partial charge in [-0.2, -0.15) is 0 Å². The van der Waals surface area contributed by atoms with E-state index in [0.717, 1.165) is 17.3 Å². The van der Waals surface area contributed by atoms with Gasteiger partial charge in [-0.15, -0.1) is 0 Å². The summed E-state index contributed by atoms with van der Waals surface area (Å²) in [5.41, 5.74) is 2.63. The van der Waals surface area contributed by atoms with Crippen molar-refractivity contribution in [1.29, 1.82) is 0 Å². The zero-order valence-corrected chi connectivity index (χ0v) is 6.53. The minimum Gasteiger partial charge on any atom is -0.277 e. The molecule has 11 heavy (non-hydrogen) atoms. The van der Waals surface area contributed by atoms with Gasteiger partial charge >= 0.3 is 0 Å². The smallest absolute Gasteiger partial charge is 0.266 e. The Hall–Kier alpha value is -0.830. The van der Waals surface area contributed by atoms with Crippen molar-refractivity contribution >= 4 is 17.4 Å². The number of carbonyl (C=O) groups excluding carboxylic acids is 1. The fraction of sp³-hybridized carbons (Fsp3) is 0.125. The molecule has 0 bridgehead atoms. The van der Waals surface area contributed by atoms with Gasteiger partial charge in [0.2, 0.25) is 0 Å². The van der Waals surface area contributed by atoms with Crippen LogP contribution in [0, 0.1) is 5.82 Å². The molecule has 0 saturated heterocycles. The lowest BCUT2D eigenvalue weighted by molar-refractivity contribution is 0.570. The molecule has 0 fully saturated rings. The van der Waals surface area contributed by atoms with E-state index >= 15 is 0 Å². The summed E-state index contributed by atoms with van der Waals surface area (Å²) in [4.78, 5) is 9.81. The minimum absolute atomic E-state index is 0.256. The van der Waals surface area contributed by atoms with E-state index in [0.29, 0.717) is 5.75 Å². The van der Waals surface area contributed by atoms with Crippen LogP contribution in [0.4, 0.5) is 4.39 Å². The van der Waals surface area contributed by atoms with Crippen molar-refractivity contribution in [2.45, 2.75) is 5.75 Å². The Morgan fingerprint density at radius 1 is 1.36 bits per heavy atom. The van der Waals surface area contributed by atoms with Gasteiger partial charge in [0.05, 0.1) is 0 Å². The molecule has 1 aromatic carbocycles. The Morgan fingerprint density at radius 2 is 2.00 bits per heavy atom. The van der Waals surface area contributed by atoms with Crippen LogP contribution in [0.5, 0.6) is 0 Å². The van der Waals surface area contributed by atoms with Crippen molar-refractivity contribution in [2.75, 3.05) is 0 Å². The largest absolute Gasteiger partial charge is 0.277 e. The molecule has 0 aliphatic heterocycles. The fourth-order valence-electron chi connectivity index (χ4n) is 0.693. The van der Waals surface area contributed by atoms with Crippen LogP contribution in [0.15, 0.2) is 24.3 Å². The quantitative estimate of drug-likeness (QED) is 0.689. The molecule has 57 valence electrons. The molecule has 1 rings (SSSR count). The van der Waals surface area contributed by atoms with E-state index in [-0.39, 0.29) is 5.82 Å². The third-order valence-electron chi connectivity index (χ3n) is 1.21. The van der Waals surface area contributed by atoms with E-state index in [9.17, 15) is 9.18 Å². The van der Waals surface area contributed by atoms with E-state index in [1.807, 2.05) is 0 Å². The fourth-order valence-corrected chi connectivity index (χ4v) is 1.11. The molecular weight excluding hydrogens is 163 g/mol. The summed E-state index contributed by atoms with van der Waals surface area (Å²) in [5, 5.41) is 0. The highest BCUT2D eigenvalue weighted by Crippen LogP contribution is 2.09. The van der Waals surface area contributed by atoms with E-state index in [4.69, 9.17) is 0 Å². The van der Waals surface area contributed by atoms with E-state index in [1.165, 1.54) is 12.1 Å². The van der Waals surface area contributed by atoms with Crippen molar-refractivity contribution in [3.8, 4) is 0 Å². The van der Waals surface area contributed by atoms with Crippen LogP contribution in [0.1, 0.15) is 5.56 Å². The monoisotopic (exact) mass is 169 g/mol. The van der Waals surface area contributed by atoms with Crippen molar-refractivity contribution in [3.05, 3.63) is 35.6 Å². The lowest BCUT2D eigenvalue weighted by Crippen LogP contribution is -1.80. The Labute approximate surface area is 68.6 Å². The molecule has 0 saturated carbocycles. The first-order valence-corrected chi connectivity index (χ1v) is 4.05. The molecule has 0 aliphatic carbocycles. The Kier molecular flexibility index (Phi) is 3.11. The van der Waals surface area contributed by atoms with Gasteiger partial charge in [0.1, 0.15) is 5.82 Å². The summed E-state index contributed by atoms with van der Waals surface area (Å²) in [6.45, 7) is 0. The Balaban J connectivity index is 2.58. The highest BCUT2D eigenvalue weighted by atomic mass is 32.2. The van der Waals surface area contributed by atoms with Crippen molar-refractivity contribution < 1.29 is 9.18 Å². The summed E-state index contributed by atoms with van der Waals surface area (Å²) in [6.07, 6.45) is 0. The van der Waals surface area contributed by atoms with Gasteiger partial charge in [-0.1, -0.05) is 23.9 Å². The summed E-state index contributed by atoms with van der Waals surface area (Å²) >= 11 is 1.04. The van der Waals surface area contributed by atoms with Gasteiger partial charge in [0, 0.05) is 5.75 Å². The molecule has 0 N–H and O–H groups in total. The maximum absolute atomic E-state index is 12.3. The van der Waals surface area contributed by atoms with E-state index in [1.54, 1.807) is 17.8 Å². The molecule has 0 unspecified atom stereocenters. The van der Waals surface area contributed by atoms with Crippen molar-refractivity contribution in [3.63, 3.8) is 0 Å². The average Bonchev–Trinajstić information content (AvgIpc) is 2.04. The third kappa shape index (κ3) is 2.72. The number of thioether (sulfide) groups is 1. The standard InChI is InChI=1S/C8H6FOS/c9-8-3-1-7(2-4-8)5-11-6-10/h1-4H,5H2. The number of benzene rings is 1. The van der Waals surface area contributed by atoms with Crippen LogP contribution in [-0.4, -0.2) is 5.62 Å². The summed E-state index contributed by atoms with van der Waals surface area (Å²) < 4.78 is 12.3. The molecule has 0 heterocycles. The SMILES string of the molecule is O=[C]SCc1ccc(F)cc1. The maximum atomic E-state index is 12.3. The number of hydrogen-bond donors (Lipinski definition) is 0. The van der Waals surface area contributed by atoms with Crippen LogP contribution < -0.4 is 0 Å². The highest BCUT2D eigenvalue weighted by molar-refractivity contribution is 8.11. The van der Waals surface area contributed by atoms with Crippen LogP contribution in [0.25, 0.3) is 0 Å². The van der Waals surface area contributed by atoms with Gasteiger partial charge in [0.15, 0.2) is 0 Å². The average molecular weight is 169 g/mol. The van der Waals surface area contributed by atoms with E-state index < -0.39 is 0 Å². The first kappa shape index (κ1) is 8.27. The normalized spacial score (nSPS) is 9.55. The van der Waals surface area contributed by atoms with Gasteiger partial charge in [-0.25, -0.2) is 4.39 Å². The van der Waals surface area contributed by atoms with Crippen LogP contribution in [0.2, 0.25) is 0 Å². The van der Waals surface area contributed by atoms with Gasteiger partial charge in [0.25, 0.3) is 5.62 Å². The van der Waals surface area contributed by atoms with Gasteiger partial charge in [-0.3, -0.25) is 4.79 Å². The minimum atomic E-state index is -0.256. The Bertz CT molecular complexity index is 232. The van der Waals surface area contributed by atoms with Gasteiger partial charge in [-0.05, 0) is 17.7 Å². The van der Waals surface area contributed by atoms with Crippen molar-refractivity contribution in [2.24, 2.45) is 0 Å². The number of hydrogen-bond acceptors (Lipinski definition) is 2. The lowest BCUT2D eigenvalue weighted by Gasteiger charge is -1.94. The summed E-state index contributed by atoms with van der Waals surface area (Å²) in [5.74, 6) is 0.304. The zero-order valence-electron chi connectivity index (χ0n) is 5.71. The second-order valence-corrected chi connectivity index (χ2v) is 2.74. The first-order valence-electron chi connectivity index (χ1n) is 3.06. The highest BCUT2D eigenvalue weighted by Gasteiger charge is 1.92.